The number of carbonyl (C=O) groups excluding carboxylic acids is 7. The van der Waals surface area contributed by atoms with E-state index in [9.17, 15) is 33.6 Å². The van der Waals surface area contributed by atoms with Gasteiger partial charge >= 0.3 is 0 Å². The molecule has 0 saturated heterocycles. The summed E-state index contributed by atoms with van der Waals surface area (Å²) in [6.45, 7) is 20.3. The van der Waals surface area contributed by atoms with Crippen LogP contribution in [0.4, 0.5) is 0 Å². The summed E-state index contributed by atoms with van der Waals surface area (Å²) in [6.07, 6.45) is 5.79. The number of unbranched alkanes of at least 4 members (excludes halogenated alkanes) is 1. The van der Waals surface area contributed by atoms with E-state index in [1.54, 1.807) is 7.05 Å². The average molecular weight is 996 g/mol. The molecule has 1 atom stereocenters. The van der Waals surface area contributed by atoms with Crippen LogP contribution in [0, 0.1) is 0 Å². The molecule has 69 heavy (non-hydrogen) atoms. The van der Waals surface area contributed by atoms with Gasteiger partial charge in [0.05, 0.1) is 93.2 Å². The number of imide groups is 1. The van der Waals surface area contributed by atoms with E-state index in [1.165, 1.54) is 6.82 Å². The van der Waals surface area contributed by atoms with Crippen LogP contribution in [0.3, 0.4) is 0 Å². The van der Waals surface area contributed by atoms with Gasteiger partial charge < -0.3 is 44.4 Å². The van der Waals surface area contributed by atoms with Gasteiger partial charge in [0.2, 0.25) is 17.7 Å². The molecule has 1 aliphatic rings. The standard InChI is InChI=1S/C38H65N5O14.3C2H6.CH3B.4CH4/c1-3-31(44)12-19-53-24-26-56-28-27-55-25-23-51-18-6-8-33(45)32(42-36(48)14-21-54-29-30-57-39-2)7-4-5-15-40-35(47)13-20-52-22-16-41-34(46)11-17-43-37(49)9-10-38(43)50;4*1-2;;;;/h9-10,32,39H,3-8,11-30H2,1-2H3,(H,40,47)(H,41,46)(H,42,48);3*1-2H3;1H3;4*1H4. The fourth-order valence-corrected chi connectivity index (χ4v) is 4.97. The Morgan fingerprint density at radius 1 is 0.536 bits per heavy atom. The summed E-state index contributed by atoms with van der Waals surface area (Å²) >= 11 is 0. The van der Waals surface area contributed by atoms with Crippen molar-refractivity contribution in [1.82, 2.24) is 26.3 Å². The fourth-order valence-electron chi connectivity index (χ4n) is 4.97. The fraction of sp³-hybridized carbons (Fsp3) is 0.816. The van der Waals surface area contributed by atoms with Gasteiger partial charge in [-0.25, -0.2) is 5.48 Å². The monoisotopic (exact) mass is 996 g/mol. The molecule has 5 amide bonds. The van der Waals surface area contributed by atoms with Gasteiger partial charge in [0.1, 0.15) is 5.78 Å². The van der Waals surface area contributed by atoms with Crippen LogP contribution in [0.15, 0.2) is 12.2 Å². The molecule has 1 rings (SSSR count). The zero-order valence-corrected chi connectivity index (χ0v) is 41.4. The lowest BCUT2D eigenvalue weighted by Crippen LogP contribution is -2.41. The number of rotatable bonds is 40. The van der Waals surface area contributed by atoms with Crippen LogP contribution in [0.1, 0.15) is 142 Å². The quantitative estimate of drug-likeness (QED) is 0.0247. The highest BCUT2D eigenvalue weighted by atomic mass is 16.7. The summed E-state index contributed by atoms with van der Waals surface area (Å²) in [5, 5.41) is 8.29. The van der Waals surface area contributed by atoms with Crippen LogP contribution in [0.5, 0.6) is 0 Å². The highest BCUT2D eigenvalue weighted by Crippen LogP contribution is 2.08. The van der Waals surface area contributed by atoms with E-state index in [0.717, 1.165) is 17.1 Å². The van der Waals surface area contributed by atoms with Crippen molar-refractivity contribution < 1.29 is 66.8 Å². The van der Waals surface area contributed by atoms with Gasteiger partial charge in [-0.1, -0.05) is 85.0 Å². The molecule has 1 unspecified atom stereocenters. The number of carbonyl (C=O) groups is 7. The minimum atomic E-state index is -0.676. The lowest BCUT2D eigenvalue weighted by Gasteiger charge is -2.18. The van der Waals surface area contributed by atoms with Crippen LogP contribution in [-0.4, -0.2) is 172 Å². The van der Waals surface area contributed by atoms with Crippen LogP contribution in [0.2, 0.25) is 6.82 Å². The number of nitrogens with zero attached hydrogens (tertiary/aromatic N) is 1. The van der Waals surface area contributed by atoms with E-state index in [-0.39, 0.29) is 118 Å². The zero-order chi connectivity index (χ0) is 49.8. The smallest absolute Gasteiger partial charge is 0.253 e. The highest BCUT2D eigenvalue weighted by Gasteiger charge is 2.23. The lowest BCUT2D eigenvalue weighted by atomic mass is 10.0. The summed E-state index contributed by atoms with van der Waals surface area (Å²) in [5.74, 6) is -1.62. The predicted molar refractivity (Wildman–Crippen MR) is 278 cm³/mol. The van der Waals surface area contributed by atoms with E-state index >= 15 is 0 Å². The minimum Gasteiger partial charge on any atom is -0.379 e. The van der Waals surface area contributed by atoms with Crippen LogP contribution in [0.25, 0.3) is 0 Å². The predicted octanol–water partition coefficient (Wildman–Crippen LogP) is 5.76. The van der Waals surface area contributed by atoms with Crippen LogP contribution < -0.4 is 21.4 Å². The number of amides is 5. The highest BCUT2D eigenvalue weighted by molar-refractivity contribution is 6.13. The molecule has 0 spiro atoms. The first kappa shape index (κ1) is 82.3. The molecular weight excluding hydrogens is 893 g/mol. The first-order chi connectivity index (χ1) is 31.7. The van der Waals surface area contributed by atoms with Gasteiger partial charge in [-0.3, -0.25) is 43.3 Å². The molecule has 2 radical (unpaired) electrons. The normalized spacial score (nSPS) is 11.0. The number of nitrogens with one attached hydrogen (secondary N) is 4. The van der Waals surface area contributed by atoms with Gasteiger partial charge in [-0.15, -0.1) is 0 Å². The van der Waals surface area contributed by atoms with Crippen molar-refractivity contribution in [3.05, 3.63) is 12.2 Å². The van der Waals surface area contributed by atoms with Gasteiger partial charge in [-0.2, -0.15) is 0 Å². The van der Waals surface area contributed by atoms with Gasteiger partial charge in [0.25, 0.3) is 11.8 Å². The largest absolute Gasteiger partial charge is 0.379 e. The van der Waals surface area contributed by atoms with E-state index in [2.05, 4.69) is 29.3 Å². The molecule has 0 aromatic rings. The summed E-state index contributed by atoms with van der Waals surface area (Å²) < 4.78 is 32.7. The second kappa shape index (κ2) is 66.5. The van der Waals surface area contributed by atoms with E-state index < -0.39 is 17.9 Å². The summed E-state index contributed by atoms with van der Waals surface area (Å²) in [7, 11) is 6.14. The van der Waals surface area contributed by atoms with Crippen molar-refractivity contribution in [1.29, 1.82) is 0 Å². The summed E-state index contributed by atoms with van der Waals surface area (Å²) in [5.41, 5.74) is 2.54. The van der Waals surface area contributed by atoms with Crippen LogP contribution >= 0.6 is 0 Å². The molecule has 1 aliphatic heterocycles. The molecular formula is C49H102BN5O14. The van der Waals surface area contributed by atoms with E-state index in [4.69, 9.17) is 33.3 Å². The Balaban J connectivity index is -0.000000489. The Hall–Kier alpha value is -3.63. The molecule has 4 N–H and O–H groups in total. The van der Waals surface area contributed by atoms with Crippen molar-refractivity contribution in [3.63, 3.8) is 0 Å². The molecule has 19 nitrogen and oxygen atoms in total. The van der Waals surface area contributed by atoms with Gasteiger partial charge in [0, 0.05) is 84.0 Å². The van der Waals surface area contributed by atoms with Crippen LogP contribution in [-0.2, 0) is 66.8 Å². The maximum absolute atomic E-state index is 13.1. The van der Waals surface area contributed by atoms with E-state index in [1.807, 2.05) is 48.5 Å². The Morgan fingerprint density at radius 3 is 1.49 bits per heavy atom. The minimum absolute atomic E-state index is 0. The third kappa shape index (κ3) is 55.2. The van der Waals surface area contributed by atoms with E-state index in [0.29, 0.717) is 111 Å². The molecule has 0 aliphatic carbocycles. The molecule has 0 aromatic heterocycles. The Kier molecular flexibility index (Phi) is 79.3. The molecule has 1 heterocycles. The average Bonchev–Trinajstić information content (AvgIpc) is 3.66. The molecule has 0 aromatic carbocycles. The van der Waals surface area contributed by atoms with Crippen molar-refractivity contribution in [2.24, 2.45) is 0 Å². The first-order valence-electron chi connectivity index (χ1n) is 23.4. The Bertz CT molecular complexity index is 1200. The molecule has 0 saturated carbocycles. The van der Waals surface area contributed by atoms with Gasteiger partial charge in [-0.05, 0) is 25.7 Å². The molecule has 0 bridgehead atoms. The number of hydroxylamine groups is 1. The second-order valence-electron chi connectivity index (χ2n) is 12.7. The number of hydrogen-bond donors (Lipinski definition) is 4. The first-order valence-corrected chi connectivity index (χ1v) is 23.4. The Morgan fingerprint density at radius 2 is 0.971 bits per heavy atom. The number of ketones is 2. The van der Waals surface area contributed by atoms with Crippen molar-refractivity contribution >= 4 is 48.9 Å². The third-order valence-electron chi connectivity index (χ3n) is 8.17. The van der Waals surface area contributed by atoms with Crippen molar-refractivity contribution in [2.75, 3.05) is 113 Å². The number of hydrogen-bond acceptors (Lipinski definition) is 15. The SMILES string of the molecule is C.C.C.C.CC.CC.CC.CCC(=O)CCOCCOCCOCCOCCCC(=O)C(CCCCNC(=O)CCOCCNC(=O)CCN1C(=O)C=CC1=O)NC(=O)CCOCCONC.[B]C. The maximum atomic E-state index is 13.1. The lowest BCUT2D eigenvalue weighted by molar-refractivity contribution is -0.137. The topological polar surface area (TPSA) is 235 Å². The van der Waals surface area contributed by atoms with Gasteiger partial charge in [0.15, 0.2) is 5.78 Å². The van der Waals surface area contributed by atoms with Crippen molar-refractivity contribution in [3.8, 4) is 0 Å². The number of ether oxygens (including phenoxy) is 6. The maximum Gasteiger partial charge on any atom is 0.253 e. The summed E-state index contributed by atoms with van der Waals surface area (Å²) in [4.78, 5) is 90.1. The summed E-state index contributed by atoms with van der Waals surface area (Å²) in [6, 6.07) is -0.676. The Labute approximate surface area is 421 Å². The number of Topliss-reactive ketones (excluding diaryl/α,β-unsaturated/α-hetero) is 2. The molecule has 0 fully saturated rings. The second-order valence-corrected chi connectivity index (χ2v) is 12.7. The molecule has 410 valence electrons. The zero-order valence-electron chi connectivity index (χ0n) is 41.4. The van der Waals surface area contributed by atoms with Crippen molar-refractivity contribution in [2.45, 2.75) is 155 Å². The third-order valence-corrected chi connectivity index (χ3v) is 8.17. The molecule has 20 heteroatoms.